The van der Waals surface area contributed by atoms with E-state index in [4.69, 9.17) is 4.74 Å². The van der Waals surface area contributed by atoms with Crippen molar-refractivity contribution in [1.29, 1.82) is 0 Å². The summed E-state index contributed by atoms with van der Waals surface area (Å²) in [6, 6.07) is 4.60. The molecule has 0 unspecified atom stereocenters. The topological polar surface area (TPSA) is 26.3 Å². The lowest BCUT2D eigenvalue weighted by molar-refractivity contribution is -0.0849. The second kappa shape index (κ2) is 5.07. The Morgan fingerprint density at radius 3 is 2.36 bits per heavy atom. The maximum Gasteiger partial charge on any atom is 0.341 e. The number of halogens is 1. The van der Waals surface area contributed by atoms with Crippen LogP contribution in [0.1, 0.15) is 54.4 Å². The number of aryl methyl sites for hydroxylation is 1. The molecule has 0 heterocycles. The molecule has 0 atom stereocenters. The van der Waals surface area contributed by atoms with E-state index in [1.807, 2.05) is 6.92 Å². The van der Waals surface area contributed by atoms with Gasteiger partial charge in [-0.2, -0.15) is 0 Å². The van der Waals surface area contributed by atoms with Gasteiger partial charge in [-0.3, -0.25) is 0 Å². The van der Waals surface area contributed by atoms with Crippen molar-refractivity contribution < 1.29 is 13.9 Å². The Morgan fingerprint density at radius 2 is 1.77 bits per heavy atom. The molecule has 0 aromatic heterocycles. The normalized spacial score (nSPS) is 35.6. The number of ether oxygens (including phenoxy) is 1. The SMILES string of the molecule is Cc1ccc(F)c(C(=O)OCC23CC4CC(CC(C4)C2)C3)c1. The summed E-state index contributed by atoms with van der Waals surface area (Å²) in [4.78, 5) is 12.2. The van der Waals surface area contributed by atoms with Crippen LogP contribution in [0.3, 0.4) is 0 Å². The number of esters is 1. The summed E-state index contributed by atoms with van der Waals surface area (Å²) in [5, 5.41) is 0. The molecule has 0 aliphatic heterocycles. The second-order valence-corrected chi connectivity index (χ2v) is 7.98. The van der Waals surface area contributed by atoms with E-state index in [9.17, 15) is 9.18 Å². The van der Waals surface area contributed by atoms with E-state index in [-0.39, 0.29) is 11.0 Å². The van der Waals surface area contributed by atoms with E-state index in [0.717, 1.165) is 23.3 Å². The summed E-state index contributed by atoms with van der Waals surface area (Å²) in [5.41, 5.74) is 1.14. The van der Waals surface area contributed by atoms with Crippen LogP contribution in [0, 0.1) is 35.9 Å². The van der Waals surface area contributed by atoms with Gasteiger partial charge in [0.1, 0.15) is 5.82 Å². The van der Waals surface area contributed by atoms with Gasteiger partial charge in [0.05, 0.1) is 12.2 Å². The van der Waals surface area contributed by atoms with Crippen molar-refractivity contribution in [3.05, 3.63) is 35.1 Å². The fourth-order valence-electron chi connectivity index (χ4n) is 5.56. The van der Waals surface area contributed by atoms with E-state index in [1.165, 1.54) is 44.6 Å². The van der Waals surface area contributed by atoms with E-state index in [0.29, 0.717) is 6.61 Å². The van der Waals surface area contributed by atoms with Gasteiger partial charge in [-0.25, -0.2) is 9.18 Å². The lowest BCUT2D eigenvalue weighted by Gasteiger charge is -2.56. The first-order valence-corrected chi connectivity index (χ1v) is 8.46. The Balaban J connectivity index is 1.46. The lowest BCUT2D eigenvalue weighted by atomic mass is 9.50. The van der Waals surface area contributed by atoms with Crippen LogP contribution in [0.25, 0.3) is 0 Å². The molecule has 0 radical (unpaired) electrons. The molecule has 118 valence electrons. The summed E-state index contributed by atoms with van der Waals surface area (Å²) in [5.74, 6) is 1.51. The summed E-state index contributed by atoms with van der Waals surface area (Å²) < 4.78 is 19.4. The molecule has 1 aromatic rings. The van der Waals surface area contributed by atoms with Gasteiger partial charge in [0.25, 0.3) is 0 Å². The van der Waals surface area contributed by atoms with Crippen molar-refractivity contribution in [2.75, 3.05) is 6.61 Å². The molecule has 4 bridgehead atoms. The predicted molar refractivity (Wildman–Crippen MR) is 82.0 cm³/mol. The molecule has 1 aromatic carbocycles. The highest BCUT2D eigenvalue weighted by molar-refractivity contribution is 5.89. The molecule has 22 heavy (non-hydrogen) atoms. The molecule has 4 aliphatic carbocycles. The van der Waals surface area contributed by atoms with Gasteiger partial charge in [0, 0.05) is 5.41 Å². The Kier molecular flexibility index (Phi) is 3.28. The van der Waals surface area contributed by atoms with Crippen molar-refractivity contribution in [2.24, 2.45) is 23.2 Å². The zero-order valence-electron chi connectivity index (χ0n) is 13.1. The standard InChI is InChI=1S/C19H23FO2/c1-12-2-3-17(20)16(4-12)18(21)22-11-19-8-13-5-14(9-19)7-15(6-13)10-19/h2-4,13-15H,5-11H2,1H3. The molecule has 0 N–H and O–H groups in total. The smallest absolute Gasteiger partial charge is 0.341 e. The highest BCUT2D eigenvalue weighted by Crippen LogP contribution is 2.60. The molecule has 3 heteroatoms. The zero-order valence-corrected chi connectivity index (χ0v) is 13.1. The van der Waals surface area contributed by atoms with Gasteiger partial charge in [0.15, 0.2) is 0 Å². The first-order valence-electron chi connectivity index (χ1n) is 8.46. The Bertz CT molecular complexity index is 572. The average Bonchev–Trinajstić information content (AvgIpc) is 2.46. The molecular weight excluding hydrogens is 279 g/mol. The van der Waals surface area contributed by atoms with Gasteiger partial charge < -0.3 is 4.74 Å². The summed E-state index contributed by atoms with van der Waals surface area (Å²) in [7, 11) is 0. The number of hydrogen-bond donors (Lipinski definition) is 0. The van der Waals surface area contributed by atoms with Crippen LogP contribution in [0.15, 0.2) is 18.2 Å². The third-order valence-electron chi connectivity index (χ3n) is 6.02. The summed E-state index contributed by atoms with van der Waals surface area (Å²) >= 11 is 0. The first kappa shape index (κ1) is 14.2. The third kappa shape index (κ3) is 2.45. The predicted octanol–water partition coefficient (Wildman–Crippen LogP) is 4.51. The van der Waals surface area contributed by atoms with Crippen molar-refractivity contribution in [3.8, 4) is 0 Å². The van der Waals surface area contributed by atoms with Crippen LogP contribution in [-0.4, -0.2) is 12.6 Å². The van der Waals surface area contributed by atoms with Crippen LogP contribution < -0.4 is 0 Å². The molecule has 5 rings (SSSR count). The summed E-state index contributed by atoms with van der Waals surface area (Å²) in [6.45, 7) is 2.33. The van der Waals surface area contributed by atoms with Crippen LogP contribution in [0.5, 0.6) is 0 Å². The Morgan fingerprint density at radius 1 is 1.18 bits per heavy atom. The van der Waals surface area contributed by atoms with Gasteiger partial charge in [0.2, 0.25) is 0 Å². The number of benzene rings is 1. The molecule has 2 nitrogen and oxygen atoms in total. The van der Waals surface area contributed by atoms with Gasteiger partial charge in [-0.15, -0.1) is 0 Å². The van der Waals surface area contributed by atoms with Crippen molar-refractivity contribution >= 4 is 5.97 Å². The molecule has 4 aliphatic rings. The monoisotopic (exact) mass is 302 g/mol. The number of carbonyl (C=O) groups is 1. The zero-order chi connectivity index (χ0) is 15.3. The molecule has 4 fully saturated rings. The van der Waals surface area contributed by atoms with E-state index < -0.39 is 11.8 Å². The minimum Gasteiger partial charge on any atom is -0.461 e. The fourth-order valence-corrected chi connectivity index (χ4v) is 5.56. The Hall–Kier alpha value is -1.38. The number of rotatable bonds is 3. The van der Waals surface area contributed by atoms with Crippen LogP contribution in [-0.2, 0) is 4.74 Å². The molecular formula is C19H23FO2. The number of hydrogen-bond acceptors (Lipinski definition) is 2. The van der Waals surface area contributed by atoms with Crippen molar-refractivity contribution in [2.45, 2.75) is 45.4 Å². The fraction of sp³-hybridized carbons (Fsp3) is 0.632. The molecule has 4 saturated carbocycles. The van der Waals surface area contributed by atoms with Gasteiger partial charge in [-0.05, 0) is 75.3 Å². The summed E-state index contributed by atoms with van der Waals surface area (Å²) in [6.07, 6.45) is 7.72. The van der Waals surface area contributed by atoms with Crippen molar-refractivity contribution in [1.82, 2.24) is 0 Å². The van der Waals surface area contributed by atoms with Crippen LogP contribution >= 0.6 is 0 Å². The molecule has 0 spiro atoms. The molecule has 0 amide bonds. The maximum absolute atomic E-state index is 13.8. The lowest BCUT2D eigenvalue weighted by Crippen LogP contribution is -2.48. The van der Waals surface area contributed by atoms with Crippen LogP contribution in [0.4, 0.5) is 4.39 Å². The minimum atomic E-state index is -0.503. The van der Waals surface area contributed by atoms with E-state index in [2.05, 4.69) is 0 Å². The highest BCUT2D eigenvalue weighted by atomic mass is 19.1. The maximum atomic E-state index is 13.8. The van der Waals surface area contributed by atoms with Crippen LogP contribution in [0.2, 0.25) is 0 Å². The highest BCUT2D eigenvalue weighted by Gasteiger charge is 2.51. The number of carbonyl (C=O) groups excluding carboxylic acids is 1. The van der Waals surface area contributed by atoms with Gasteiger partial charge >= 0.3 is 5.97 Å². The third-order valence-corrected chi connectivity index (χ3v) is 6.02. The quantitative estimate of drug-likeness (QED) is 0.768. The van der Waals surface area contributed by atoms with Gasteiger partial charge in [-0.1, -0.05) is 11.6 Å². The minimum absolute atomic E-state index is 0.0738. The largest absolute Gasteiger partial charge is 0.461 e. The van der Waals surface area contributed by atoms with Crippen molar-refractivity contribution in [3.63, 3.8) is 0 Å². The molecule has 0 saturated heterocycles. The first-order chi connectivity index (χ1) is 10.5. The average molecular weight is 302 g/mol. The second-order valence-electron chi connectivity index (χ2n) is 7.98. The Labute approximate surface area is 131 Å². The van der Waals surface area contributed by atoms with E-state index >= 15 is 0 Å². The van der Waals surface area contributed by atoms with E-state index in [1.54, 1.807) is 12.1 Å².